The van der Waals surface area contributed by atoms with Gasteiger partial charge in [-0.25, -0.2) is 4.79 Å². The Kier molecular flexibility index (Phi) is 3.17. The van der Waals surface area contributed by atoms with Crippen LogP contribution in [0.1, 0.15) is 39.5 Å². The molecule has 0 aromatic heterocycles. The van der Waals surface area contributed by atoms with Crippen molar-refractivity contribution in [1.82, 2.24) is 10.2 Å². The topological polar surface area (TPSA) is 32.3 Å². The molecule has 2 aliphatic rings. The standard InChI is InChI=1S/C12H22N2O/c1-9-5-3-6-11(10(9)2)13-12(15)14-7-4-8-14/h9-11H,3-8H2,1-2H3,(H,13,15). The van der Waals surface area contributed by atoms with Crippen LogP contribution in [-0.4, -0.2) is 30.1 Å². The molecular formula is C12H22N2O. The van der Waals surface area contributed by atoms with E-state index in [0.717, 1.165) is 25.4 Å². The molecule has 3 atom stereocenters. The third-order valence-electron chi connectivity index (χ3n) is 4.16. The zero-order valence-electron chi connectivity index (χ0n) is 9.83. The highest BCUT2D eigenvalue weighted by molar-refractivity contribution is 5.75. The normalized spacial score (nSPS) is 35.9. The Balaban J connectivity index is 1.84. The number of amides is 2. The molecule has 0 aromatic carbocycles. The number of hydrogen-bond donors (Lipinski definition) is 1. The summed E-state index contributed by atoms with van der Waals surface area (Å²) in [6, 6.07) is 0.564. The molecule has 86 valence electrons. The number of hydrogen-bond acceptors (Lipinski definition) is 1. The largest absolute Gasteiger partial charge is 0.335 e. The average Bonchev–Trinajstić information content (AvgIpc) is 2.10. The maximum Gasteiger partial charge on any atom is 0.317 e. The highest BCUT2D eigenvalue weighted by Crippen LogP contribution is 2.29. The van der Waals surface area contributed by atoms with Crippen LogP contribution < -0.4 is 5.32 Å². The molecule has 1 aliphatic carbocycles. The van der Waals surface area contributed by atoms with E-state index in [1.807, 2.05) is 4.90 Å². The first kappa shape index (κ1) is 10.8. The van der Waals surface area contributed by atoms with Gasteiger partial charge < -0.3 is 10.2 Å². The van der Waals surface area contributed by atoms with Gasteiger partial charge in [-0.1, -0.05) is 26.7 Å². The molecule has 3 unspecified atom stereocenters. The third kappa shape index (κ3) is 2.27. The Morgan fingerprint density at radius 1 is 1.20 bits per heavy atom. The lowest BCUT2D eigenvalue weighted by Gasteiger charge is -2.38. The summed E-state index contributed by atoms with van der Waals surface area (Å²) in [5.74, 6) is 1.38. The van der Waals surface area contributed by atoms with Gasteiger partial charge in [0.2, 0.25) is 0 Å². The SMILES string of the molecule is CC1CCCC(NC(=O)N2CCC2)C1C. The van der Waals surface area contributed by atoms with Crippen LogP contribution in [0.2, 0.25) is 0 Å². The van der Waals surface area contributed by atoms with Crippen molar-refractivity contribution >= 4 is 6.03 Å². The molecule has 0 bridgehead atoms. The molecule has 3 nitrogen and oxygen atoms in total. The summed E-state index contributed by atoms with van der Waals surface area (Å²) in [6.45, 7) is 6.46. The summed E-state index contributed by atoms with van der Waals surface area (Å²) in [6.07, 6.45) is 4.91. The molecule has 0 radical (unpaired) electrons. The van der Waals surface area contributed by atoms with Gasteiger partial charge >= 0.3 is 6.03 Å². The van der Waals surface area contributed by atoms with E-state index in [9.17, 15) is 4.79 Å². The van der Waals surface area contributed by atoms with Crippen molar-refractivity contribution in [2.45, 2.75) is 45.6 Å². The summed E-state index contributed by atoms with van der Waals surface area (Å²) in [4.78, 5) is 13.7. The van der Waals surface area contributed by atoms with Gasteiger partial charge in [-0.2, -0.15) is 0 Å². The Labute approximate surface area is 92.2 Å². The van der Waals surface area contributed by atoms with Crippen molar-refractivity contribution < 1.29 is 4.79 Å². The van der Waals surface area contributed by atoms with Crippen LogP contribution in [0, 0.1) is 11.8 Å². The predicted molar refractivity (Wildman–Crippen MR) is 60.7 cm³/mol. The van der Waals surface area contributed by atoms with E-state index in [2.05, 4.69) is 19.2 Å². The molecular weight excluding hydrogens is 188 g/mol. The second-order valence-corrected chi connectivity index (χ2v) is 5.16. The van der Waals surface area contributed by atoms with E-state index in [0.29, 0.717) is 12.0 Å². The van der Waals surface area contributed by atoms with Crippen molar-refractivity contribution in [2.75, 3.05) is 13.1 Å². The number of carbonyl (C=O) groups is 1. The van der Waals surface area contributed by atoms with E-state index in [4.69, 9.17) is 0 Å². The summed E-state index contributed by atoms with van der Waals surface area (Å²) >= 11 is 0. The second kappa shape index (κ2) is 4.42. The zero-order chi connectivity index (χ0) is 10.8. The Morgan fingerprint density at radius 2 is 1.93 bits per heavy atom. The molecule has 2 fully saturated rings. The lowest BCUT2D eigenvalue weighted by Crippen LogP contribution is -2.53. The lowest BCUT2D eigenvalue weighted by molar-refractivity contribution is 0.146. The fourth-order valence-electron chi connectivity index (χ4n) is 2.55. The minimum atomic E-state index is 0.159. The maximum absolute atomic E-state index is 11.8. The molecule has 1 saturated carbocycles. The monoisotopic (exact) mass is 210 g/mol. The Bertz CT molecular complexity index is 238. The van der Waals surface area contributed by atoms with Crippen LogP contribution >= 0.6 is 0 Å². The van der Waals surface area contributed by atoms with Crippen molar-refractivity contribution in [3.8, 4) is 0 Å². The number of rotatable bonds is 1. The first-order valence-corrected chi connectivity index (χ1v) is 6.24. The van der Waals surface area contributed by atoms with Crippen molar-refractivity contribution in [3.63, 3.8) is 0 Å². The second-order valence-electron chi connectivity index (χ2n) is 5.16. The molecule has 1 aliphatic heterocycles. The Morgan fingerprint density at radius 3 is 2.53 bits per heavy atom. The highest BCUT2D eigenvalue weighted by atomic mass is 16.2. The van der Waals surface area contributed by atoms with Gasteiger partial charge in [0.1, 0.15) is 0 Å². The number of carbonyl (C=O) groups excluding carboxylic acids is 1. The van der Waals surface area contributed by atoms with Crippen molar-refractivity contribution in [1.29, 1.82) is 0 Å². The predicted octanol–water partition coefficient (Wildman–Crippen LogP) is 2.23. The average molecular weight is 210 g/mol. The van der Waals surface area contributed by atoms with Crippen LogP contribution in [0.3, 0.4) is 0 Å². The third-order valence-corrected chi connectivity index (χ3v) is 4.16. The summed E-state index contributed by atoms with van der Waals surface area (Å²) in [5.41, 5.74) is 0. The van der Waals surface area contributed by atoms with E-state index in [1.165, 1.54) is 19.3 Å². The van der Waals surface area contributed by atoms with Crippen LogP contribution in [0.5, 0.6) is 0 Å². The molecule has 0 spiro atoms. The summed E-state index contributed by atoms with van der Waals surface area (Å²) in [5, 5.41) is 3.19. The number of nitrogens with zero attached hydrogens (tertiary/aromatic N) is 1. The van der Waals surface area contributed by atoms with Crippen molar-refractivity contribution in [2.24, 2.45) is 11.8 Å². The van der Waals surface area contributed by atoms with Crippen LogP contribution in [-0.2, 0) is 0 Å². The van der Waals surface area contributed by atoms with Crippen LogP contribution in [0.25, 0.3) is 0 Å². The van der Waals surface area contributed by atoms with E-state index in [-0.39, 0.29) is 6.03 Å². The molecule has 2 amide bonds. The number of likely N-dealkylation sites (tertiary alicyclic amines) is 1. The molecule has 1 saturated heterocycles. The molecule has 1 N–H and O–H groups in total. The van der Waals surface area contributed by atoms with Gasteiger partial charge in [-0.15, -0.1) is 0 Å². The first-order chi connectivity index (χ1) is 7.18. The van der Waals surface area contributed by atoms with E-state index in [1.54, 1.807) is 0 Å². The number of nitrogens with one attached hydrogen (secondary N) is 1. The lowest BCUT2D eigenvalue weighted by atomic mass is 9.78. The van der Waals surface area contributed by atoms with Gasteiger partial charge in [0.25, 0.3) is 0 Å². The fourth-order valence-corrected chi connectivity index (χ4v) is 2.55. The molecule has 3 heteroatoms. The van der Waals surface area contributed by atoms with Gasteiger partial charge in [-0.3, -0.25) is 0 Å². The maximum atomic E-state index is 11.8. The fraction of sp³-hybridized carbons (Fsp3) is 0.917. The van der Waals surface area contributed by atoms with Gasteiger partial charge in [0.05, 0.1) is 0 Å². The summed E-state index contributed by atoms with van der Waals surface area (Å²) in [7, 11) is 0. The van der Waals surface area contributed by atoms with Gasteiger partial charge in [-0.05, 0) is 24.7 Å². The van der Waals surface area contributed by atoms with Gasteiger partial charge in [0, 0.05) is 19.1 Å². The summed E-state index contributed by atoms with van der Waals surface area (Å²) < 4.78 is 0. The molecule has 2 rings (SSSR count). The van der Waals surface area contributed by atoms with E-state index >= 15 is 0 Å². The minimum absolute atomic E-state index is 0.159. The number of urea groups is 1. The molecule has 15 heavy (non-hydrogen) atoms. The zero-order valence-corrected chi connectivity index (χ0v) is 9.83. The highest BCUT2D eigenvalue weighted by Gasteiger charge is 2.30. The van der Waals surface area contributed by atoms with E-state index < -0.39 is 0 Å². The smallest absolute Gasteiger partial charge is 0.317 e. The molecule has 1 heterocycles. The molecule has 0 aromatic rings. The first-order valence-electron chi connectivity index (χ1n) is 6.24. The van der Waals surface area contributed by atoms with Crippen LogP contribution in [0.4, 0.5) is 4.79 Å². The Hall–Kier alpha value is -0.730. The van der Waals surface area contributed by atoms with Crippen LogP contribution in [0.15, 0.2) is 0 Å². The quantitative estimate of drug-likeness (QED) is 0.707. The minimum Gasteiger partial charge on any atom is -0.335 e. The van der Waals surface area contributed by atoms with Gasteiger partial charge in [0.15, 0.2) is 0 Å². The van der Waals surface area contributed by atoms with Crippen molar-refractivity contribution in [3.05, 3.63) is 0 Å².